The molecular formula is C12H15BrN2O. The molecule has 1 rings (SSSR count). The second-order valence-corrected chi connectivity index (χ2v) is 4.77. The fraction of sp³-hybridized carbons (Fsp3) is 0.333. The molecule has 16 heavy (non-hydrogen) atoms. The molecule has 0 saturated heterocycles. The second kappa shape index (κ2) is 5.80. The van der Waals surface area contributed by atoms with Crippen LogP contribution in [0.5, 0.6) is 0 Å². The molecule has 0 bridgehead atoms. The third kappa shape index (κ3) is 3.77. The minimum Gasteiger partial charge on any atom is -0.267 e. The van der Waals surface area contributed by atoms with Crippen LogP contribution in [-0.2, 0) is 0 Å². The number of benzene rings is 1. The molecule has 0 fully saturated rings. The van der Waals surface area contributed by atoms with E-state index in [1.807, 2.05) is 32.9 Å². The normalized spacial score (nSPS) is 11.7. The molecule has 0 unspecified atom stereocenters. The predicted molar refractivity (Wildman–Crippen MR) is 69.6 cm³/mol. The molecule has 1 aromatic rings. The van der Waals surface area contributed by atoms with Gasteiger partial charge in [-0.15, -0.1) is 0 Å². The van der Waals surface area contributed by atoms with Crippen LogP contribution in [-0.4, -0.2) is 11.6 Å². The Labute approximate surface area is 104 Å². The first-order chi connectivity index (χ1) is 7.50. The lowest BCUT2D eigenvalue weighted by Gasteiger charge is -2.05. The number of halogens is 1. The summed E-state index contributed by atoms with van der Waals surface area (Å²) in [4.78, 5) is 11.7. The van der Waals surface area contributed by atoms with Gasteiger partial charge in [0.1, 0.15) is 0 Å². The van der Waals surface area contributed by atoms with Crippen LogP contribution >= 0.6 is 15.9 Å². The van der Waals surface area contributed by atoms with E-state index in [0.29, 0.717) is 11.5 Å². The van der Waals surface area contributed by atoms with Gasteiger partial charge in [-0.2, -0.15) is 5.10 Å². The van der Waals surface area contributed by atoms with Gasteiger partial charge in [0.25, 0.3) is 5.91 Å². The molecule has 3 nitrogen and oxygen atoms in total. The fourth-order valence-corrected chi connectivity index (χ4v) is 1.36. The van der Waals surface area contributed by atoms with Crippen LogP contribution in [0.3, 0.4) is 0 Å². The van der Waals surface area contributed by atoms with Gasteiger partial charge in [-0.25, -0.2) is 5.43 Å². The summed E-state index contributed by atoms with van der Waals surface area (Å²) < 4.78 is 0.879. The molecule has 0 spiro atoms. The van der Waals surface area contributed by atoms with E-state index < -0.39 is 0 Å². The minimum atomic E-state index is -0.193. The molecule has 1 aromatic carbocycles. The molecule has 0 aromatic heterocycles. The highest BCUT2D eigenvalue weighted by atomic mass is 79.9. The summed E-state index contributed by atoms with van der Waals surface area (Å²) in [6, 6.07) is 7.20. The van der Waals surface area contributed by atoms with Crippen LogP contribution < -0.4 is 5.43 Å². The van der Waals surface area contributed by atoms with E-state index >= 15 is 0 Å². The van der Waals surface area contributed by atoms with Crippen molar-refractivity contribution in [3.05, 3.63) is 34.3 Å². The van der Waals surface area contributed by atoms with E-state index in [4.69, 9.17) is 0 Å². The maximum absolute atomic E-state index is 11.7. The maximum Gasteiger partial charge on any atom is 0.271 e. The first-order valence-electron chi connectivity index (χ1n) is 5.11. The summed E-state index contributed by atoms with van der Waals surface area (Å²) in [5.41, 5.74) is 4.03. The molecule has 0 atom stereocenters. The Hall–Kier alpha value is -1.16. The van der Waals surface area contributed by atoms with Gasteiger partial charge in [-0.05, 0) is 31.0 Å². The van der Waals surface area contributed by atoms with E-state index in [0.717, 1.165) is 10.2 Å². The van der Waals surface area contributed by atoms with E-state index in [1.54, 1.807) is 12.1 Å². The molecular weight excluding hydrogens is 268 g/mol. The molecule has 86 valence electrons. The number of carbonyl (C=O) groups is 1. The van der Waals surface area contributed by atoms with Crippen molar-refractivity contribution in [1.82, 2.24) is 5.43 Å². The topological polar surface area (TPSA) is 41.5 Å². The molecule has 4 heteroatoms. The number of hydrogen-bond donors (Lipinski definition) is 1. The van der Waals surface area contributed by atoms with E-state index in [9.17, 15) is 4.79 Å². The highest BCUT2D eigenvalue weighted by Crippen LogP contribution is 2.11. The second-order valence-electron chi connectivity index (χ2n) is 3.86. The van der Waals surface area contributed by atoms with Gasteiger partial charge >= 0.3 is 0 Å². The van der Waals surface area contributed by atoms with E-state index in [-0.39, 0.29) is 5.91 Å². The van der Waals surface area contributed by atoms with Crippen LogP contribution in [0.15, 0.2) is 33.8 Å². The number of rotatable bonds is 3. The van der Waals surface area contributed by atoms with E-state index in [1.165, 1.54) is 0 Å². The lowest BCUT2D eigenvalue weighted by Crippen LogP contribution is -2.20. The number of carbonyl (C=O) groups excluding carboxylic acids is 1. The molecule has 0 heterocycles. The molecule has 0 saturated carbocycles. The zero-order chi connectivity index (χ0) is 12.1. The molecule has 0 aliphatic heterocycles. The predicted octanol–water partition coefficient (Wildman–Crippen LogP) is 3.21. The van der Waals surface area contributed by atoms with Crippen molar-refractivity contribution < 1.29 is 4.79 Å². The van der Waals surface area contributed by atoms with Gasteiger partial charge in [0.05, 0.1) is 0 Å². The summed E-state index contributed by atoms with van der Waals surface area (Å²) in [6.45, 7) is 5.96. The summed E-state index contributed by atoms with van der Waals surface area (Å²) in [6.07, 6.45) is 0. The summed E-state index contributed by atoms with van der Waals surface area (Å²) >= 11 is 3.32. The number of amides is 1. The fourth-order valence-electron chi connectivity index (χ4n) is 0.962. The van der Waals surface area contributed by atoms with Crippen LogP contribution in [0.2, 0.25) is 0 Å². The Bertz CT molecular complexity index is 413. The largest absolute Gasteiger partial charge is 0.271 e. The van der Waals surface area contributed by atoms with Gasteiger partial charge in [-0.1, -0.05) is 35.8 Å². The summed E-state index contributed by atoms with van der Waals surface area (Å²) in [5, 5.41) is 4.03. The molecule has 1 N–H and O–H groups in total. The zero-order valence-electron chi connectivity index (χ0n) is 9.62. The molecule has 0 aliphatic rings. The maximum atomic E-state index is 11.7. The molecule has 0 radical (unpaired) electrons. The zero-order valence-corrected chi connectivity index (χ0v) is 11.2. The first kappa shape index (κ1) is 12.9. The monoisotopic (exact) mass is 282 g/mol. The molecule has 1 amide bonds. The van der Waals surface area contributed by atoms with Crippen molar-refractivity contribution in [3.63, 3.8) is 0 Å². The van der Waals surface area contributed by atoms with Crippen LogP contribution in [0.1, 0.15) is 31.1 Å². The van der Waals surface area contributed by atoms with Crippen molar-refractivity contribution in [1.29, 1.82) is 0 Å². The Balaban J connectivity index is 2.70. The van der Waals surface area contributed by atoms with Crippen LogP contribution in [0, 0.1) is 5.92 Å². The third-order valence-electron chi connectivity index (χ3n) is 2.26. The van der Waals surface area contributed by atoms with Crippen molar-refractivity contribution in [3.8, 4) is 0 Å². The first-order valence-corrected chi connectivity index (χ1v) is 5.90. The summed E-state index contributed by atoms with van der Waals surface area (Å²) in [7, 11) is 0. The minimum absolute atomic E-state index is 0.193. The van der Waals surface area contributed by atoms with Crippen molar-refractivity contribution >= 4 is 27.5 Å². The number of nitrogens with zero attached hydrogens (tertiary/aromatic N) is 1. The lowest BCUT2D eigenvalue weighted by molar-refractivity contribution is 0.0954. The van der Waals surface area contributed by atoms with Crippen molar-refractivity contribution in [2.75, 3.05) is 0 Å². The van der Waals surface area contributed by atoms with Gasteiger partial charge in [0.15, 0.2) is 0 Å². The third-order valence-corrected chi connectivity index (χ3v) is 2.75. The Morgan fingerprint density at radius 2 is 2.12 bits per heavy atom. The van der Waals surface area contributed by atoms with Crippen molar-refractivity contribution in [2.45, 2.75) is 20.8 Å². The van der Waals surface area contributed by atoms with Gasteiger partial charge in [0.2, 0.25) is 0 Å². The SMILES string of the molecule is CC(=NNC(=O)c1cccc(Br)c1)C(C)C. The quantitative estimate of drug-likeness (QED) is 0.671. The Morgan fingerprint density at radius 3 is 2.69 bits per heavy atom. The van der Waals surface area contributed by atoms with Crippen LogP contribution in [0.4, 0.5) is 0 Å². The highest BCUT2D eigenvalue weighted by molar-refractivity contribution is 9.10. The smallest absolute Gasteiger partial charge is 0.267 e. The average Bonchev–Trinajstić information content (AvgIpc) is 2.25. The number of hydrogen-bond acceptors (Lipinski definition) is 2. The van der Waals surface area contributed by atoms with Gasteiger partial charge in [-0.3, -0.25) is 4.79 Å². The standard InChI is InChI=1S/C12H15BrN2O/c1-8(2)9(3)14-15-12(16)10-5-4-6-11(13)7-10/h4-8H,1-3H3,(H,15,16). The Morgan fingerprint density at radius 1 is 1.44 bits per heavy atom. The van der Waals surface area contributed by atoms with Gasteiger partial charge < -0.3 is 0 Å². The van der Waals surface area contributed by atoms with E-state index in [2.05, 4.69) is 26.5 Å². The number of nitrogens with one attached hydrogen (secondary N) is 1. The van der Waals surface area contributed by atoms with Crippen LogP contribution in [0.25, 0.3) is 0 Å². The molecule has 0 aliphatic carbocycles. The summed E-state index contributed by atoms with van der Waals surface area (Å²) in [5.74, 6) is 0.143. The highest BCUT2D eigenvalue weighted by Gasteiger charge is 2.05. The number of hydrazone groups is 1. The average molecular weight is 283 g/mol. The lowest BCUT2D eigenvalue weighted by atomic mass is 10.1. The van der Waals surface area contributed by atoms with Crippen molar-refractivity contribution in [2.24, 2.45) is 11.0 Å². The Kier molecular flexibility index (Phi) is 4.68. The van der Waals surface area contributed by atoms with Gasteiger partial charge in [0, 0.05) is 15.7 Å².